The lowest BCUT2D eigenvalue weighted by atomic mass is 9.78. The second kappa shape index (κ2) is 13.2. The second-order valence-electron chi connectivity index (χ2n) is 13.1. The third-order valence-electron chi connectivity index (χ3n) is 10.5. The molecule has 3 saturated carbocycles. The van der Waals surface area contributed by atoms with Gasteiger partial charge in [0.15, 0.2) is 0 Å². The number of likely N-dealkylation sites (tertiary alicyclic amines) is 1. The summed E-state index contributed by atoms with van der Waals surface area (Å²) in [7, 11) is 1.76. The van der Waals surface area contributed by atoms with Crippen molar-refractivity contribution in [2.24, 2.45) is 17.8 Å². The first-order valence-electron chi connectivity index (χ1n) is 15.8. The molecule has 0 bridgehead atoms. The van der Waals surface area contributed by atoms with Crippen LogP contribution in [0.4, 0.5) is 4.79 Å². The van der Waals surface area contributed by atoms with Gasteiger partial charge in [-0.2, -0.15) is 0 Å². The van der Waals surface area contributed by atoms with E-state index in [4.69, 9.17) is 14.2 Å². The SMILES string of the molecule is COC1CCCCC1NC(=O)NC1CC(C2(NCCN3CCCC3)CO2)CCC1OC1CCC(C)C(C)C1. The van der Waals surface area contributed by atoms with Crippen molar-refractivity contribution in [3.05, 3.63) is 0 Å². The zero-order chi connectivity index (χ0) is 26.5. The summed E-state index contributed by atoms with van der Waals surface area (Å²) in [4.78, 5) is 15.8. The number of epoxide rings is 1. The minimum Gasteiger partial charge on any atom is -0.379 e. The molecule has 2 heterocycles. The zero-order valence-corrected chi connectivity index (χ0v) is 24.2. The van der Waals surface area contributed by atoms with Gasteiger partial charge in [-0.05, 0) is 89.1 Å². The number of methoxy groups -OCH3 is 1. The van der Waals surface area contributed by atoms with Crippen LogP contribution in [0.3, 0.4) is 0 Å². The maximum absolute atomic E-state index is 13.3. The minimum absolute atomic E-state index is 0.00514. The van der Waals surface area contributed by atoms with Crippen LogP contribution in [0.5, 0.6) is 0 Å². The fourth-order valence-corrected chi connectivity index (χ4v) is 7.66. The summed E-state index contributed by atoms with van der Waals surface area (Å²) in [5, 5.41) is 10.4. The van der Waals surface area contributed by atoms with Crippen molar-refractivity contribution >= 4 is 6.03 Å². The average molecular weight is 535 g/mol. The van der Waals surface area contributed by atoms with Gasteiger partial charge in [-0.1, -0.05) is 26.7 Å². The molecule has 9 atom stereocenters. The maximum atomic E-state index is 13.3. The van der Waals surface area contributed by atoms with Crippen molar-refractivity contribution in [3.8, 4) is 0 Å². The number of hydrogen-bond donors (Lipinski definition) is 3. The van der Waals surface area contributed by atoms with Crippen LogP contribution < -0.4 is 16.0 Å². The number of nitrogens with one attached hydrogen (secondary N) is 3. The smallest absolute Gasteiger partial charge is 0.315 e. The first kappa shape index (κ1) is 28.6. The number of carbonyl (C=O) groups excluding carboxylic acids is 1. The molecule has 0 aromatic heterocycles. The van der Waals surface area contributed by atoms with Gasteiger partial charge in [0.05, 0.1) is 37.0 Å². The summed E-state index contributed by atoms with van der Waals surface area (Å²) in [5.74, 6) is 1.85. The molecule has 8 heteroatoms. The highest BCUT2D eigenvalue weighted by atomic mass is 16.6. The zero-order valence-electron chi connectivity index (χ0n) is 24.2. The number of nitrogens with zero attached hydrogens (tertiary/aromatic N) is 1. The summed E-state index contributed by atoms with van der Waals surface area (Å²) in [6.45, 7) is 10.0. The van der Waals surface area contributed by atoms with Crippen LogP contribution in [0, 0.1) is 17.8 Å². The van der Waals surface area contributed by atoms with E-state index in [1.165, 1.54) is 38.8 Å². The van der Waals surface area contributed by atoms with Crippen molar-refractivity contribution in [3.63, 3.8) is 0 Å². The first-order chi connectivity index (χ1) is 18.5. The Hall–Kier alpha value is -0.930. The molecule has 3 aliphatic carbocycles. The topological polar surface area (TPSA) is 87.4 Å². The molecule has 3 N–H and O–H groups in total. The van der Waals surface area contributed by atoms with Gasteiger partial charge in [0.1, 0.15) is 5.72 Å². The molecule has 9 unspecified atom stereocenters. The number of urea groups is 1. The molecule has 8 nitrogen and oxygen atoms in total. The molecule has 0 aromatic carbocycles. The lowest BCUT2D eigenvalue weighted by molar-refractivity contribution is -0.0827. The van der Waals surface area contributed by atoms with Crippen LogP contribution in [-0.2, 0) is 14.2 Å². The lowest BCUT2D eigenvalue weighted by Crippen LogP contribution is -2.57. The minimum atomic E-state index is -0.222. The van der Waals surface area contributed by atoms with Crippen LogP contribution in [-0.4, -0.2) is 86.9 Å². The van der Waals surface area contributed by atoms with Crippen molar-refractivity contribution in [2.45, 2.75) is 127 Å². The molecule has 5 fully saturated rings. The summed E-state index contributed by atoms with van der Waals surface area (Å²) in [6.07, 6.45) is 13.9. The first-order valence-corrected chi connectivity index (χ1v) is 15.8. The van der Waals surface area contributed by atoms with E-state index in [-0.39, 0.29) is 36.0 Å². The van der Waals surface area contributed by atoms with Gasteiger partial charge in [0, 0.05) is 26.1 Å². The van der Waals surface area contributed by atoms with Gasteiger partial charge in [-0.25, -0.2) is 4.79 Å². The molecule has 0 radical (unpaired) electrons. The quantitative estimate of drug-likeness (QED) is 0.367. The number of carbonyl (C=O) groups is 1. The number of hydrogen-bond acceptors (Lipinski definition) is 6. The van der Waals surface area contributed by atoms with Crippen LogP contribution in [0.25, 0.3) is 0 Å². The van der Waals surface area contributed by atoms with E-state index in [2.05, 4.69) is 34.7 Å². The van der Waals surface area contributed by atoms with E-state index >= 15 is 0 Å². The van der Waals surface area contributed by atoms with E-state index in [1.807, 2.05) is 0 Å². The fourth-order valence-electron chi connectivity index (χ4n) is 7.66. The van der Waals surface area contributed by atoms with Crippen molar-refractivity contribution in [2.75, 3.05) is 39.9 Å². The van der Waals surface area contributed by atoms with Gasteiger partial charge in [-0.3, -0.25) is 5.32 Å². The predicted octanol–water partition coefficient (Wildman–Crippen LogP) is 4.03. The Morgan fingerprint density at radius 3 is 2.39 bits per heavy atom. The highest BCUT2D eigenvalue weighted by Crippen LogP contribution is 2.43. The van der Waals surface area contributed by atoms with Crippen molar-refractivity contribution in [1.29, 1.82) is 0 Å². The number of amides is 2. The molecule has 5 rings (SSSR count). The molecular formula is C30H54N4O4. The van der Waals surface area contributed by atoms with E-state index in [9.17, 15) is 4.79 Å². The normalized spacial score (nSPS) is 42.1. The molecule has 2 amide bonds. The summed E-state index contributed by atoms with van der Waals surface area (Å²) in [5.41, 5.74) is -0.222. The van der Waals surface area contributed by atoms with Crippen molar-refractivity contribution in [1.82, 2.24) is 20.9 Å². The molecule has 38 heavy (non-hydrogen) atoms. The Morgan fingerprint density at radius 1 is 0.895 bits per heavy atom. The van der Waals surface area contributed by atoms with Gasteiger partial charge >= 0.3 is 6.03 Å². The Labute approximate surface area is 230 Å². The van der Waals surface area contributed by atoms with Crippen LogP contribution in [0.2, 0.25) is 0 Å². The van der Waals surface area contributed by atoms with Gasteiger partial charge < -0.3 is 29.7 Å². The molecule has 0 spiro atoms. The van der Waals surface area contributed by atoms with Crippen LogP contribution >= 0.6 is 0 Å². The second-order valence-corrected chi connectivity index (χ2v) is 13.1. The predicted molar refractivity (Wildman–Crippen MR) is 149 cm³/mol. The summed E-state index contributed by atoms with van der Waals surface area (Å²) < 4.78 is 18.6. The third kappa shape index (κ3) is 7.22. The standard InChI is InChI=1S/C30H54N4O4/c1-21-10-12-24(18-22(21)2)38-28-13-11-23(30(20-37-30)31-14-17-34-15-6-7-16-34)19-26(28)33-29(35)32-25-8-4-5-9-27(25)36-3/h21-28,31H,4-20H2,1-3H3,(H2,32,33,35). The largest absolute Gasteiger partial charge is 0.379 e. The van der Waals surface area contributed by atoms with Gasteiger partial charge in [-0.15, -0.1) is 0 Å². The highest BCUT2D eigenvalue weighted by Gasteiger charge is 2.54. The Morgan fingerprint density at radius 2 is 1.66 bits per heavy atom. The van der Waals surface area contributed by atoms with Crippen molar-refractivity contribution < 1.29 is 19.0 Å². The molecule has 2 aliphatic heterocycles. The molecule has 2 saturated heterocycles. The van der Waals surface area contributed by atoms with Crippen LogP contribution in [0.1, 0.15) is 90.9 Å². The number of ether oxygens (including phenoxy) is 3. The molecule has 5 aliphatic rings. The monoisotopic (exact) mass is 534 g/mol. The molecule has 0 aromatic rings. The van der Waals surface area contributed by atoms with E-state index < -0.39 is 0 Å². The molecule has 218 valence electrons. The Bertz CT molecular complexity index is 759. The lowest BCUT2D eigenvalue weighted by Gasteiger charge is -2.42. The third-order valence-corrected chi connectivity index (χ3v) is 10.5. The highest BCUT2D eigenvalue weighted by molar-refractivity contribution is 5.74. The Balaban J connectivity index is 1.19. The Kier molecular flexibility index (Phi) is 9.90. The molecular weight excluding hydrogens is 480 g/mol. The summed E-state index contributed by atoms with van der Waals surface area (Å²) >= 11 is 0. The van der Waals surface area contributed by atoms with Gasteiger partial charge in [0.25, 0.3) is 0 Å². The van der Waals surface area contributed by atoms with Crippen LogP contribution in [0.15, 0.2) is 0 Å². The van der Waals surface area contributed by atoms with Gasteiger partial charge in [0.2, 0.25) is 0 Å². The average Bonchev–Trinajstić information content (AvgIpc) is 3.52. The number of rotatable bonds is 10. The maximum Gasteiger partial charge on any atom is 0.315 e. The fraction of sp³-hybridized carbons (Fsp3) is 0.967. The summed E-state index contributed by atoms with van der Waals surface area (Å²) in [6, 6.07) is 0.00425. The van der Waals surface area contributed by atoms with E-state index in [0.717, 1.165) is 77.0 Å². The van der Waals surface area contributed by atoms with E-state index in [0.29, 0.717) is 17.9 Å². The van der Waals surface area contributed by atoms with E-state index in [1.54, 1.807) is 7.11 Å².